The number of hydrogen-bond donors (Lipinski definition) is 2. The maximum atomic E-state index is 13.1. The van der Waals surface area contributed by atoms with Crippen LogP contribution < -0.4 is 16.0 Å². The van der Waals surface area contributed by atoms with E-state index < -0.39 is 11.9 Å². The number of benzene rings is 2. The summed E-state index contributed by atoms with van der Waals surface area (Å²) in [4.78, 5) is 16.0. The molecular weight excluding hydrogens is 299 g/mol. The molecule has 0 saturated carbocycles. The lowest BCUT2D eigenvalue weighted by Crippen LogP contribution is -2.38. The van der Waals surface area contributed by atoms with Gasteiger partial charge >= 0.3 is 0 Å². The number of carbonyl (C=O) groups excluding carboxylic acids is 1. The van der Waals surface area contributed by atoms with Crippen molar-refractivity contribution in [3.63, 3.8) is 0 Å². The maximum absolute atomic E-state index is 13.1. The highest BCUT2D eigenvalue weighted by atomic mass is 19.1. The van der Waals surface area contributed by atoms with Gasteiger partial charge in [0, 0.05) is 0 Å². The average Bonchev–Trinajstić information content (AvgIpc) is 2.54. The lowest BCUT2D eigenvalue weighted by Gasteiger charge is -2.11. The van der Waals surface area contributed by atoms with Gasteiger partial charge in [-0.2, -0.15) is 5.48 Å². The van der Waals surface area contributed by atoms with Gasteiger partial charge in [0.1, 0.15) is 24.2 Å². The Kier molecular flexibility index (Phi) is 6.08. The molecule has 0 heterocycles. The third-order valence-electron chi connectivity index (χ3n) is 3.14. The van der Waals surface area contributed by atoms with Crippen molar-refractivity contribution in [1.82, 2.24) is 5.48 Å². The highest BCUT2D eigenvalue weighted by Gasteiger charge is 2.07. The van der Waals surface area contributed by atoms with E-state index in [1.165, 1.54) is 12.1 Å². The van der Waals surface area contributed by atoms with Gasteiger partial charge < -0.3 is 10.5 Å². The number of nitrogens with two attached hydrogens (primary N) is 1. The van der Waals surface area contributed by atoms with Gasteiger partial charge in [-0.1, -0.05) is 24.3 Å². The lowest BCUT2D eigenvalue weighted by molar-refractivity contribution is -0.124. The summed E-state index contributed by atoms with van der Waals surface area (Å²) in [6, 6.07) is 13.0. The number of primary amides is 1. The molecule has 5 nitrogen and oxygen atoms in total. The van der Waals surface area contributed by atoms with E-state index in [1.54, 1.807) is 31.2 Å². The van der Waals surface area contributed by atoms with Crippen LogP contribution in [0.25, 0.3) is 0 Å². The zero-order chi connectivity index (χ0) is 16.7. The van der Waals surface area contributed by atoms with Gasteiger partial charge in [0.2, 0.25) is 5.91 Å². The summed E-state index contributed by atoms with van der Waals surface area (Å²) in [7, 11) is 0. The third kappa shape index (κ3) is 5.69. The van der Waals surface area contributed by atoms with Crippen LogP contribution in [-0.4, -0.2) is 11.9 Å². The van der Waals surface area contributed by atoms with Gasteiger partial charge in [-0.15, -0.1) is 0 Å². The molecule has 122 valence electrons. The number of halogens is 1. The Balaban J connectivity index is 1.79. The highest BCUT2D eigenvalue weighted by Crippen LogP contribution is 2.15. The molecule has 6 heteroatoms. The molecule has 2 rings (SSSR count). The SMILES string of the molecule is CC(NOCc1ccc(OCc2cccc(F)c2)cc1)C(N)=O. The van der Waals surface area contributed by atoms with Crippen molar-refractivity contribution in [3.05, 3.63) is 65.5 Å². The summed E-state index contributed by atoms with van der Waals surface area (Å²) in [5.74, 6) is -0.0844. The molecule has 0 aromatic heterocycles. The van der Waals surface area contributed by atoms with Gasteiger partial charge in [-0.3, -0.25) is 9.63 Å². The highest BCUT2D eigenvalue weighted by molar-refractivity contribution is 5.79. The normalized spacial score (nSPS) is 11.9. The molecule has 0 aliphatic carbocycles. The first-order chi connectivity index (χ1) is 11.0. The van der Waals surface area contributed by atoms with Crippen LogP contribution in [0.15, 0.2) is 48.5 Å². The van der Waals surface area contributed by atoms with Gasteiger partial charge in [-0.25, -0.2) is 4.39 Å². The molecule has 3 N–H and O–H groups in total. The third-order valence-corrected chi connectivity index (χ3v) is 3.14. The number of hydroxylamine groups is 1. The smallest absolute Gasteiger partial charge is 0.236 e. The van der Waals surface area contributed by atoms with E-state index >= 15 is 0 Å². The number of rotatable bonds is 8. The molecule has 23 heavy (non-hydrogen) atoms. The average molecular weight is 318 g/mol. The lowest BCUT2D eigenvalue weighted by atomic mass is 10.2. The van der Waals surface area contributed by atoms with Crippen LogP contribution >= 0.6 is 0 Å². The number of amides is 1. The fraction of sp³-hybridized carbons (Fsp3) is 0.235. The van der Waals surface area contributed by atoms with Gasteiger partial charge in [-0.05, 0) is 42.3 Å². The number of hydrogen-bond acceptors (Lipinski definition) is 4. The van der Waals surface area contributed by atoms with E-state index in [0.29, 0.717) is 19.0 Å². The first-order valence-electron chi connectivity index (χ1n) is 7.17. The van der Waals surface area contributed by atoms with Crippen molar-refractivity contribution >= 4 is 5.91 Å². The topological polar surface area (TPSA) is 73.6 Å². The molecule has 0 bridgehead atoms. The summed E-state index contributed by atoms with van der Waals surface area (Å²) in [5, 5.41) is 0. The van der Waals surface area contributed by atoms with Gasteiger partial charge in [0.25, 0.3) is 0 Å². The first kappa shape index (κ1) is 16.9. The predicted molar refractivity (Wildman–Crippen MR) is 83.8 cm³/mol. The monoisotopic (exact) mass is 318 g/mol. The number of carbonyl (C=O) groups is 1. The molecule has 1 unspecified atom stereocenters. The molecule has 0 saturated heterocycles. The molecule has 0 aliphatic rings. The maximum Gasteiger partial charge on any atom is 0.236 e. The van der Waals surface area contributed by atoms with Crippen LogP contribution in [0.5, 0.6) is 5.75 Å². The molecule has 0 radical (unpaired) electrons. The van der Waals surface area contributed by atoms with Crippen molar-refractivity contribution in [2.45, 2.75) is 26.2 Å². The van der Waals surface area contributed by atoms with E-state index in [9.17, 15) is 9.18 Å². The van der Waals surface area contributed by atoms with Crippen LogP contribution in [0.4, 0.5) is 4.39 Å². The van der Waals surface area contributed by atoms with Crippen molar-refractivity contribution < 1.29 is 18.8 Å². The second kappa shape index (κ2) is 8.26. The van der Waals surface area contributed by atoms with Crippen LogP contribution in [0.3, 0.4) is 0 Å². The fourth-order valence-corrected chi connectivity index (χ4v) is 1.78. The van der Waals surface area contributed by atoms with Crippen molar-refractivity contribution in [1.29, 1.82) is 0 Å². The Bertz CT molecular complexity index is 647. The van der Waals surface area contributed by atoms with E-state index in [2.05, 4.69) is 5.48 Å². The molecule has 2 aromatic carbocycles. The second-order valence-electron chi connectivity index (χ2n) is 5.09. The van der Waals surface area contributed by atoms with Crippen LogP contribution in [0.1, 0.15) is 18.1 Å². The quantitative estimate of drug-likeness (QED) is 0.733. The van der Waals surface area contributed by atoms with Crippen LogP contribution in [-0.2, 0) is 22.8 Å². The number of nitrogens with one attached hydrogen (secondary N) is 1. The molecule has 0 aliphatic heterocycles. The summed E-state index contributed by atoms with van der Waals surface area (Å²) in [5.41, 5.74) is 9.34. The zero-order valence-corrected chi connectivity index (χ0v) is 12.8. The molecule has 2 aromatic rings. The Hall–Kier alpha value is -2.44. The van der Waals surface area contributed by atoms with E-state index in [-0.39, 0.29) is 5.82 Å². The predicted octanol–water partition coefficient (Wildman–Crippen LogP) is 2.30. The minimum atomic E-state index is -0.552. The summed E-state index contributed by atoms with van der Waals surface area (Å²) < 4.78 is 18.7. The Labute approximate surface area is 134 Å². The minimum absolute atomic E-state index is 0.281. The van der Waals surface area contributed by atoms with Gasteiger partial charge in [0.15, 0.2) is 0 Å². The molecule has 1 atom stereocenters. The Morgan fingerprint density at radius 3 is 2.57 bits per heavy atom. The summed E-state index contributed by atoms with van der Waals surface area (Å²) >= 11 is 0. The Morgan fingerprint density at radius 1 is 1.17 bits per heavy atom. The molecular formula is C17H19FN2O3. The number of ether oxygens (including phenoxy) is 1. The standard InChI is InChI=1S/C17H19FN2O3/c1-12(17(19)21)20-23-11-13-5-7-16(8-6-13)22-10-14-3-2-4-15(18)9-14/h2-9,12,20H,10-11H2,1H3,(H2,19,21). The minimum Gasteiger partial charge on any atom is -0.489 e. The van der Waals surface area contributed by atoms with Crippen LogP contribution in [0, 0.1) is 5.82 Å². The Morgan fingerprint density at radius 2 is 1.91 bits per heavy atom. The van der Waals surface area contributed by atoms with Crippen LogP contribution in [0.2, 0.25) is 0 Å². The summed E-state index contributed by atoms with van der Waals surface area (Å²) in [6.07, 6.45) is 0. The summed E-state index contributed by atoms with van der Waals surface area (Å²) in [6.45, 7) is 2.21. The first-order valence-corrected chi connectivity index (χ1v) is 7.17. The van der Waals surface area contributed by atoms with Gasteiger partial charge in [0.05, 0.1) is 6.61 Å². The fourth-order valence-electron chi connectivity index (χ4n) is 1.78. The van der Waals surface area contributed by atoms with E-state index in [1.807, 2.05) is 12.1 Å². The zero-order valence-electron chi connectivity index (χ0n) is 12.8. The second-order valence-corrected chi connectivity index (χ2v) is 5.09. The molecule has 0 spiro atoms. The molecule has 0 fully saturated rings. The largest absolute Gasteiger partial charge is 0.489 e. The van der Waals surface area contributed by atoms with E-state index in [4.69, 9.17) is 15.3 Å². The van der Waals surface area contributed by atoms with Crippen molar-refractivity contribution in [3.8, 4) is 5.75 Å². The van der Waals surface area contributed by atoms with Crippen molar-refractivity contribution in [2.24, 2.45) is 5.73 Å². The van der Waals surface area contributed by atoms with Crippen molar-refractivity contribution in [2.75, 3.05) is 0 Å². The van der Waals surface area contributed by atoms with E-state index in [0.717, 1.165) is 11.1 Å². The molecule has 1 amide bonds.